The van der Waals surface area contributed by atoms with E-state index in [0.29, 0.717) is 69.4 Å². The van der Waals surface area contributed by atoms with Gasteiger partial charge in [-0.05, 0) is 125 Å². The number of benzene rings is 2. The summed E-state index contributed by atoms with van der Waals surface area (Å²) in [6.07, 6.45) is 1.65. The van der Waals surface area contributed by atoms with Gasteiger partial charge in [-0.25, -0.2) is 29.9 Å². The highest BCUT2D eigenvalue weighted by atomic mass is 79.9. The van der Waals surface area contributed by atoms with Gasteiger partial charge in [0.2, 0.25) is 24.1 Å². The summed E-state index contributed by atoms with van der Waals surface area (Å²) >= 11 is 6.93. The van der Waals surface area contributed by atoms with Gasteiger partial charge in [0, 0.05) is 60.8 Å². The number of likely N-dealkylation sites (tertiary alicyclic amines) is 1. The molecule has 66 heavy (non-hydrogen) atoms. The zero-order valence-corrected chi connectivity index (χ0v) is 40.0. The minimum atomic E-state index is -1.54. The van der Waals surface area contributed by atoms with E-state index in [2.05, 4.69) is 62.1 Å². The molecular weight excluding hydrogens is 972 g/mol. The molecule has 0 spiro atoms. The van der Waals surface area contributed by atoms with Crippen LogP contribution in [0.4, 0.5) is 23.5 Å². The number of hydrogen-bond donors (Lipinski definition) is 3. The molecule has 3 aliphatic rings. The Kier molecular flexibility index (Phi) is 14.2. The van der Waals surface area contributed by atoms with Crippen LogP contribution in [0.1, 0.15) is 37.1 Å². The van der Waals surface area contributed by atoms with Crippen LogP contribution in [-0.4, -0.2) is 140 Å². The number of carbonyl (C=O) groups is 2. The Labute approximate surface area is 399 Å². The van der Waals surface area contributed by atoms with Crippen molar-refractivity contribution in [1.29, 1.82) is 0 Å². The predicted molar refractivity (Wildman–Crippen MR) is 260 cm³/mol. The lowest BCUT2D eigenvalue weighted by molar-refractivity contribution is -0.136. The Morgan fingerprint density at radius 1 is 0.621 bits per heavy atom. The fraction of sp³-hybridized carbons (Fsp3) is 0.404. The van der Waals surface area contributed by atoms with Crippen LogP contribution in [0.2, 0.25) is 0 Å². The number of piperidine rings is 1. The van der Waals surface area contributed by atoms with E-state index in [4.69, 9.17) is 39.4 Å². The van der Waals surface area contributed by atoms with Gasteiger partial charge < -0.3 is 39.9 Å². The number of ether oxygens (including phenoxy) is 2. The van der Waals surface area contributed by atoms with E-state index in [-0.39, 0.29) is 18.2 Å². The van der Waals surface area contributed by atoms with Gasteiger partial charge in [0.1, 0.15) is 34.2 Å². The van der Waals surface area contributed by atoms with Crippen molar-refractivity contribution in [3.05, 3.63) is 93.1 Å². The van der Waals surface area contributed by atoms with Gasteiger partial charge in [-0.3, -0.25) is 14.5 Å². The van der Waals surface area contributed by atoms with Gasteiger partial charge in [0.25, 0.3) is 11.8 Å². The van der Waals surface area contributed by atoms with Crippen molar-refractivity contribution in [2.45, 2.75) is 57.8 Å². The average Bonchev–Trinajstić information content (AvgIpc) is 3.88. The number of carbonyl (C=O) groups excluding carboxylic acids is 2. The van der Waals surface area contributed by atoms with Gasteiger partial charge in [-0.15, -0.1) is 0 Å². The molecular formula is C47H52Br2N12O5. The largest absolute Gasteiger partial charge is 0.476 e. The molecule has 0 aliphatic carbocycles. The monoisotopic (exact) mass is 1020 g/mol. The third-order valence-electron chi connectivity index (χ3n) is 12.3. The first-order chi connectivity index (χ1) is 32.1. The maximum Gasteiger partial charge on any atom is 0.271 e. The van der Waals surface area contributed by atoms with Crippen LogP contribution in [0.15, 0.2) is 81.7 Å². The summed E-state index contributed by atoms with van der Waals surface area (Å²) in [4.78, 5) is 67.3. The molecule has 3 fully saturated rings. The number of anilines is 4. The zero-order chi connectivity index (χ0) is 45.7. The molecule has 3 aliphatic heterocycles. The molecule has 344 valence electrons. The summed E-state index contributed by atoms with van der Waals surface area (Å²) in [6.45, 7) is 11.7. The third kappa shape index (κ3) is 10.7. The standard InChI is InChI=1S/C47H52Br2N12O5/c1-29-40-36(52-46(50-29)60-21-17-33(18-22-60)59-19-3-4-20-59)13-15-38(54-40)56-44(63)42(65-34-9-5-31(48)6-10-34)43(66-35-11-7-32(49)8-12-35)45(64)57-39-16-14-37-41(55-39)30(2)51-47(53-37)61-25-23-58(24-26-61)27-28-62/h5-16,33,42-43,62H,3-4,17-28H2,1-2H3,(H,54,56,63)(H,55,57,64). The number of rotatable bonds is 14. The van der Waals surface area contributed by atoms with E-state index >= 15 is 0 Å². The first-order valence-electron chi connectivity index (χ1n) is 22.4. The molecule has 2 atom stereocenters. The number of hydrogen-bond acceptors (Lipinski definition) is 15. The normalized spacial score (nSPS) is 17.2. The summed E-state index contributed by atoms with van der Waals surface area (Å²) in [6, 6.07) is 21.4. The van der Waals surface area contributed by atoms with Crippen molar-refractivity contribution in [2.24, 2.45) is 0 Å². The zero-order valence-electron chi connectivity index (χ0n) is 36.9. The number of aliphatic hydroxyl groups excluding tert-OH is 1. The molecule has 0 bridgehead atoms. The molecule has 2 aromatic carbocycles. The summed E-state index contributed by atoms with van der Waals surface area (Å²) in [7, 11) is 0. The lowest BCUT2D eigenvalue weighted by Gasteiger charge is -2.36. The highest BCUT2D eigenvalue weighted by molar-refractivity contribution is 9.10. The van der Waals surface area contributed by atoms with Gasteiger partial charge in [-0.2, -0.15) is 0 Å². The topological polar surface area (TPSA) is 187 Å². The van der Waals surface area contributed by atoms with Gasteiger partial charge in [-0.1, -0.05) is 31.9 Å². The molecule has 2 amide bonds. The van der Waals surface area contributed by atoms with E-state index in [9.17, 15) is 14.7 Å². The fourth-order valence-corrected chi connectivity index (χ4v) is 9.31. The second kappa shape index (κ2) is 20.5. The molecule has 3 N–H and O–H groups in total. The summed E-state index contributed by atoms with van der Waals surface area (Å²) in [5.74, 6) is 0.986. The number of pyridine rings is 2. The van der Waals surface area contributed by atoms with E-state index in [1.54, 1.807) is 66.7 Å². The first kappa shape index (κ1) is 45.6. The van der Waals surface area contributed by atoms with Gasteiger partial charge >= 0.3 is 0 Å². The lowest BCUT2D eigenvalue weighted by atomic mass is 10.0. The maximum absolute atomic E-state index is 14.6. The second-order valence-electron chi connectivity index (χ2n) is 16.8. The fourth-order valence-electron chi connectivity index (χ4n) is 8.78. The van der Waals surface area contributed by atoms with Gasteiger partial charge in [0.15, 0.2) is 0 Å². The first-order valence-corrected chi connectivity index (χ1v) is 24.0. The Balaban J connectivity index is 0.971. The average molecular weight is 1020 g/mol. The molecule has 0 saturated carbocycles. The minimum absolute atomic E-state index is 0.122. The Morgan fingerprint density at radius 3 is 1.53 bits per heavy atom. The number of piperazine rings is 1. The van der Waals surface area contributed by atoms with Crippen LogP contribution in [0.25, 0.3) is 22.1 Å². The van der Waals surface area contributed by atoms with Crippen molar-refractivity contribution in [3.63, 3.8) is 0 Å². The SMILES string of the molecule is Cc1nc(N2CCC(N3CCCC3)CC2)nc2ccc(NC(=O)C(Oc3ccc(Br)cc3)C(Oc3ccc(Br)cc3)C(=O)Nc3ccc4nc(N5CCN(CCO)CC5)nc(C)c4n3)nc12. The third-order valence-corrected chi connectivity index (χ3v) is 13.4. The molecule has 7 heterocycles. The van der Waals surface area contributed by atoms with Crippen LogP contribution in [0.3, 0.4) is 0 Å². The molecule has 9 rings (SSSR count). The number of nitrogens with zero attached hydrogens (tertiary/aromatic N) is 10. The van der Waals surface area contributed by atoms with Crippen LogP contribution in [0, 0.1) is 13.8 Å². The van der Waals surface area contributed by atoms with Crippen LogP contribution >= 0.6 is 31.9 Å². The van der Waals surface area contributed by atoms with E-state index in [1.807, 2.05) is 19.9 Å². The molecule has 6 aromatic rings. The molecule has 17 nitrogen and oxygen atoms in total. The summed E-state index contributed by atoms with van der Waals surface area (Å²) in [5, 5.41) is 15.1. The Bertz CT molecular complexity index is 2680. The number of β-amino-alcohol motifs (C(OH)–C–C–N with tert-alkyl or cyclic N) is 1. The number of aryl methyl sites for hydroxylation is 2. The van der Waals surface area contributed by atoms with Crippen LogP contribution in [0.5, 0.6) is 11.5 Å². The highest BCUT2D eigenvalue weighted by Gasteiger charge is 2.39. The van der Waals surface area contributed by atoms with E-state index in [1.165, 1.54) is 25.9 Å². The Morgan fingerprint density at radius 2 is 1.08 bits per heavy atom. The molecule has 2 unspecified atom stereocenters. The quantitative estimate of drug-likeness (QED) is 0.113. The van der Waals surface area contributed by atoms with Crippen LogP contribution in [-0.2, 0) is 9.59 Å². The van der Waals surface area contributed by atoms with Gasteiger partial charge in [0.05, 0.1) is 29.0 Å². The number of aromatic nitrogens is 6. The van der Waals surface area contributed by atoms with Crippen molar-refractivity contribution >= 4 is 89.3 Å². The van der Waals surface area contributed by atoms with E-state index in [0.717, 1.165) is 61.1 Å². The smallest absolute Gasteiger partial charge is 0.271 e. The maximum atomic E-state index is 14.6. The van der Waals surface area contributed by atoms with Crippen molar-refractivity contribution in [1.82, 2.24) is 39.7 Å². The van der Waals surface area contributed by atoms with Crippen molar-refractivity contribution < 1.29 is 24.2 Å². The van der Waals surface area contributed by atoms with Crippen LogP contribution < -0.4 is 29.9 Å². The molecule has 4 aromatic heterocycles. The molecule has 19 heteroatoms. The Hall–Kier alpha value is -5.60. The minimum Gasteiger partial charge on any atom is -0.476 e. The number of amides is 2. The number of halogens is 2. The number of aliphatic hydroxyl groups is 1. The predicted octanol–water partition coefficient (Wildman–Crippen LogP) is 6.16. The number of nitrogens with one attached hydrogen (secondary N) is 2. The second-order valence-corrected chi connectivity index (χ2v) is 18.7. The van der Waals surface area contributed by atoms with Crippen molar-refractivity contribution in [3.8, 4) is 11.5 Å². The summed E-state index contributed by atoms with van der Waals surface area (Å²) in [5.41, 5.74) is 3.65. The molecule has 3 saturated heterocycles. The van der Waals surface area contributed by atoms with Crippen molar-refractivity contribution in [2.75, 3.05) is 85.9 Å². The lowest BCUT2D eigenvalue weighted by Crippen LogP contribution is -2.51. The highest BCUT2D eigenvalue weighted by Crippen LogP contribution is 2.28. The summed E-state index contributed by atoms with van der Waals surface area (Å²) < 4.78 is 14.4. The molecule has 0 radical (unpaired) electrons. The number of fused-ring (bicyclic) bond motifs is 2. The van der Waals surface area contributed by atoms with E-state index < -0.39 is 24.0 Å².